The number of nitro benzene ring substituents is 1. The van der Waals surface area contributed by atoms with Crippen LogP contribution in [-0.2, 0) is 11.3 Å². The van der Waals surface area contributed by atoms with E-state index in [2.05, 4.69) is 0 Å². The van der Waals surface area contributed by atoms with Crippen LogP contribution in [-0.4, -0.2) is 58.5 Å². The number of benzene rings is 1. The molecule has 1 aromatic carbocycles. The molecule has 1 saturated heterocycles. The third-order valence-corrected chi connectivity index (χ3v) is 4.47. The van der Waals surface area contributed by atoms with Crippen LogP contribution >= 0.6 is 0 Å². The van der Waals surface area contributed by atoms with Crippen LogP contribution in [0, 0.1) is 15.9 Å². The van der Waals surface area contributed by atoms with E-state index in [0.29, 0.717) is 13.1 Å². The smallest absolute Gasteiger partial charge is 0.317 e. The number of carboxylic acids is 1. The molecule has 7 nitrogen and oxygen atoms in total. The number of carboxylic acid groups (broad SMARTS) is 1. The van der Waals surface area contributed by atoms with E-state index in [9.17, 15) is 19.3 Å². The maximum absolute atomic E-state index is 14.0. The lowest BCUT2D eigenvalue weighted by molar-refractivity contribution is -0.386. The molecule has 24 heavy (non-hydrogen) atoms. The van der Waals surface area contributed by atoms with E-state index < -0.39 is 16.7 Å². The number of nitrogens with zero attached hydrogens (tertiary/aromatic N) is 3. The van der Waals surface area contributed by atoms with Gasteiger partial charge in [0.1, 0.15) is 5.82 Å². The minimum absolute atomic E-state index is 0.0105. The first-order chi connectivity index (χ1) is 11.4. The summed E-state index contributed by atoms with van der Waals surface area (Å²) in [5.74, 6) is -1.42. The number of likely N-dealkylation sites (N-methyl/N-ethyl adjacent to an activating group) is 1. The molecule has 2 rings (SSSR count). The Morgan fingerprint density at radius 3 is 2.88 bits per heavy atom. The van der Waals surface area contributed by atoms with Crippen LogP contribution < -0.4 is 0 Å². The molecule has 0 radical (unpaired) electrons. The first-order valence-electron chi connectivity index (χ1n) is 7.94. The van der Waals surface area contributed by atoms with Crippen molar-refractivity contribution in [2.75, 3.05) is 26.7 Å². The highest BCUT2D eigenvalue weighted by molar-refractivity contribution is 5.69. The van der Waals surface area contributed by atoms with Gasteiger partial charge in [-0.2, -0.15) is 0 Å². The first-order valence-corrected chi connectivity index (χ1v) is 7.94. The van der Waals surface area contributed by atoms with Gasteiger partial charge in [-0.25, -0.2) is 4.39 Å². The van der Waals surface area contributed by atoms with Crippen molar-refractivity contribution in [3.8, 4) is 0 Å². The van der Waals surface area contributed by atoms with Crippen molar-refractivity contribution in [1.29, 1.82) is 0 Å². The maximum atomic E-state index is 14.0. The lowest BCUT2D eigenvalue weighted by atomic mass is 10.1. The molecule has 132 valence electrons. The van der Waals surface area contributed by atoms with E-state index in [0.717, 1.165) is 19.3 Å². The molecule has 1 heterocycles. The predicted molar refractivity (Wildman–Crippen MR) is 86.2 cm³/mol. The highest BCUT2D eigenvalue weighted by atomic mass is 19.1. The molecule has 0 amide bonds. The van der Waals surface area contributed by atoms with Crippen LogP contribution in [0.4, 0.5) is 10.1 Å². The van der Waals surface area contributed by atoms with Crippen molar-refractivity contribution in [2.45, 2.75) is 31.8 Å². The number of rotatable bonds is 6. The van der Waals surface area contributed by atoms with Crippen molar-refractivity contribution < 1.29 is 19.2 Å². The number of hydrogen-bond donors (Lipinski definition) is 1. The summed E-state index contributed by atoms with van der Waals surface area (Å²) >= 11 is 0. The van der Waals surface area contributed by atoms with Crippen LogP contribution in [0.3, 0.4) is 0 Å². The van der Waals surface area contributed by atoms with Gasteiger partial charge in [-0.1, -0.05) is 6.07 Å². The van der Waals surface area contributed by atoms with Gasteiger partial charge in [0.05, 0.1) is 17.0 Å². The minimum atomic E-state index is -0.861. The Morgan fingerprint density at radius 1 is 1.46 bits per heavy atom. The van der Waals surface area contributed by atoms with Crippen LogP contribution in [0.25, 0.3) is 0 Å². The van der Waals surface area contributed by atoms with Crippen molar-refractivity contribution in [3.05, 3.63) is 39.7 Å². The standard InChI is InChI=1S/C16H22FN3O4/c1-18(11-16(21)22)12-4-3-8-19(9-7-12)10-13-14(17)5-2-6-15(13)20(23)24/h2,5-6,12H,3-4,7-11H2,1H3,(H,21,22). The Morgan fingerprint density at radius 2 is 2.21 bits per heavy atom. The highest BCUT2D eigenvalue weighted by Gasteiger charge is 2.24. The molecular weight excluding hydrogens is 317 g/mol. The second kappa shape index (κ2) is 8.16. The van der Waals surface area contributed by atoms with Gasteiger partial charge in [0, 0.05) is 18.7 Å². The molecule has 1 aliphatic rings. The minimum Gasteiger partial charge on any atom is -0.480 e. The zero-order chi connectivity index (χ0) is 17.7. The lowest BCUT2D eigenvalue weighted by Gasteiger charge is -2.25. The van der Waals surface area contributed by atoms with Gasteiger partial charge in [0.2, 0.25) is 0 Å². The number of likely N-dealkylation sites (tertiary alicyclic amines) is 1. The number of carbonyl (C=O) groups is 1. The fraction of sp³-hybridized carbons (Fsp3) is 0.562. The highest BCUT2D eigenvalue weighted by Crippen LogP contribution is 2.25. The maximum Gasteiger partial charge on any atom is 0.317 e. The van der Waals surface area contributed by atoms with E-state index in [1.54, 1.807) is 7.05 Å². The third kappa shape index (κ3) is 4.72. The molecule has 0 saturated carbocycles. The van der Waals surface area contributed by atoms with Gasteiger partial charge in [-0.15, -0.1) is 0 Å². The molecule has 1 atom stereocenters. The van der Waals surface area contributed by atoms with E-state index in [4.69, 9.17) is 5.11 Å². The number of hydrogen-bond acceptors (Lipinski definition) is 5. The van der Waals surface area contributed by atoms with Gasteiger partial charge in [-0.3, -0.25) is 24.7 Å². The molecule has 0 aromatic heterocycles. The Bertz CT molecular complexity index is 611. The third-order valence-electron chi connectivity index (χ3n) is 4.47. The van der Waals surface area contributed by atoms with Crippen LogP contribution in [0.1, 0.15) is 24.8 Å². The number of aliphatic carboxylic acids is 1. The Balaban J connectivity index is 2.03. The molecular formula is C16H22FN3O4. The molecule has 0 spiro atoms. The molecule has 1 unspecified atom stereocenters. The molecule has 1 N–H and O–H groups in total. The van der Waals surface area contributed by atoms with Crippen molar-refractivity contribution in [1.82, 2.24) is 9.80 Å². The fourth-order valence-electron chi connectivity index (χ4n) is 3.18. The van der Waals surface area contributed by atoms with Gasteiger partial charge in [0.15, 0.2) is 0 Å². The number of halogens is 1. The summed E-state index contributed by atoms with van der Waals surface area (Å²) in [6.45, 7) is 1.55. The largest absolute Gasteiger partial charge is 0.480 e. The molecule has 0 bridgehead atoms. The van der Waals surface area contributed by atoms with Crippen LogP contribution in [0.15, 0.2) is 18.2 Å². The van der Waals surface area contributed by atoms with Crippen LogP contribution in [0.5, 0.6) is 0 Å². The lowest BCUT2D eigenvalue weighted by Crippen LogP contribution is -2.36. The summed E-state index contributed by atoms with van der Waals surface area (Å²) in [5.41, 5.74) is -0.0846. The normalized spacial score (nSPS) is 19.2. The molecule has 0 aliphatic carbocycles. The second-order valence-electron chi connectivity index (χ2n) is 6.16. The summed E-state index contributed by atoms with van der Waals surface area (Å²) in [6, 6.07) is 4.06. The fourth-order valence-corrected chi connectivity index (χ4v) is 3.18. The zero-order valence-corrected chi connectivity index (χ0v) is 13.7. The Kier molecular flexibility index (Phi) is 6.22. The average Bonchev–Trinajstić information content (AvgIpc) is 2.74. The van der Waals surface area contributed by atoms with Gasteiger partial charge in [0.25, 0.3) is 5.69 Å². The predicted octanol–water partition coefficient (Wildman–Crippen LogP) is 2.10. The van der Waals surface area contributed by atoms with Gasteiger partial charge in [-0.05, 0) is 45.5 Å². The van der Waals surface area contributed by atoms with Gasteiger partial charge >= 0.3 is 5.97 Å². The second-order valence-corrected chi connectivity index (χ2v) is 6.16. The summed E-state index contributed by atoms with van der Waals surface area (Å²) in [7, 11) is 1.79. The summed E-state index contributed by atoms with van der Waals surface area (Å²) < 4.78 is 14.0. The molecule has 1 aromatic rings. The average molecular weight is 339 g/mol. The molecule has 1 aliphatic heterocycles. The Hall–Kier alpha value is -2.06. The molecule has 1 fully saturated rings. The summed E-state index contributed by atoms with van der Waals surface area (Å²) in [4.78, 5) is 25.2. The van der Waals surface area contributed by atoms with E-state index in [-0.39, 0.29) is 30.4 Å². The van der Waals surface area contributed by atoms with Crippen molar-refractivity contribution >= 4 is 11.7 Å². The van der Waals surface area contributed by atoms with Crippen LogP contribution in [0.2, 0.25) is 0 Å². The summed E-state index contributed by atoms with van der Waals surface area (Å²) in [6.07, 6.45) is 2.46. The van der Waals surface area contributed by atoms with E-state index >= 15 is 0 Å². The van der Waals surface area contributed by atoms with E-state index in [1.165, 1.54) is 18.2 Å². The quantitative estimate of drug-likeness (QED) is 0.631. The number of nitro groups is 1. The van der Waals surface area contributed by atoms with Gasteiger partial charge < -0.3 is 5.11 Å². The zero-order valence-electron chi connectivity index (χ0n) is 13.7. The summed E-state index contributed by atoms with van der Waals surface area (Å²) in [5, 5.41) is 20.0. The topological polar surface area (TPSA) is 86.9 Å². The first kappa shape index (κ1) is 18.3. The molecule has 8 heteroatoms. The SMILES string of the molecule is CN(CC(=O)O)C1CCCN(Cc2c(F)cccc2[N+](=O)[O-])CC1. The van der Waals surface area contributed by atoms with E-state index in [1.807, 2.05) is 9.80 Å². The Labute approximate surface area is 139 Å². The monoisotopic (exact) mass is 339 g/mol. The van der Waals surface area contributed by atoms with Crippen molar-refractivity contribution in [3.63, 3.8) is 0 Å². The van der Waals surface area contributed by atoms with Crippen molar-refractivity contribution in [2.24, 2.45) is 0 Å².